The Balaban J connectivity index is 3.04. The summed E-state index contributed by atoms with van der Waals surface area (Å²) < 4.78 is 0. The molecule has 0 aromatic carbocycles. The van der Waals surface area contributed by atoms with Crippen molar-refractivity contribution in [3.8, 4) is 0 Å². The maximum atomic E-state index is 9.86. The summed E-state index contributed by atoms with van der Waals surface area (Å²) in [7, 11) is 0. The third-order valence-corrected chi connectivity index (χ3v) is 2.07. The molecule has 0 bridgehead atoms. The number of hydrogen-bond acceptors (Lipinski definition) is 2. The zero-order valence-corrected chi connectivity index (χ0v) is 6.70. The van der Waals surface area contributed by atoms with Gasteiger partial charge in [0.05, 0.1) is 0 Å². The Bertz CT molecular complexity index is 77.5. The van der Waals surface area contributed by atoms with Crippen molar-refractivity contribution in [3.05, 3.63) is 0 Å². The molecule has 2 nitrogen and oxygen atoms in total. The van der Waals surface area contributed by atoms with Gasteiger partial charge in [0, 0.05) is 11.8 Å². The largest absolute Gasteiger partial charge is 0.355 e. The van der Waals surface area contributed by atoms with Crippen molar-refractivity contribution in [2.24, 2.45) is 0 Å². The smallest absolute Gasteiger partial charge is 0.207 e. The van der Waals surface area contributed by atoms with Crippen molar-refractivity contribution in [1.29, 1.82) is 0 Å². The molecule has 1 N–H and O–H groups in total. The summed E-state index contributed by atoms with van der Waals surface area (Å²) in [6.45, 7) is 4.11. The quantitative estimate of drug-likeness (QED) is 0.585. The van der Waals surface area contributed by atoms with Gasteiger partial charge in [-0.15, -0.1) is 0 Å². The van der Waals surface area contributed by atoms with Gasteiger partial charge in [0.25, 0.3) is 0 Å². The summed E-state index contributed by atoms with van der Waals surface area (Å²) >= 11 is 1.83. The first-order chi connectivity index (χ1) is 4.31. The first-order valence-corrected chi connectivity index (χ1v) is 4.24. The van der Waals surface area contributed by atoms with Gasteiger partial charge in [0.1, 0.15) is 0 Å². The van der Waals surface area contributed by atoms with Gasteiger partial charge >= 0.3 is 0 Å². The molecule has 1 amide bonds. The standard InChI is InChI=1S/C6H13NOS/c1-3-9-4-6(2)7-5-8/h5-6H,3-4H2,1-2H3,(H,7,8). The molecule has 0 rings (SSSR count). The average molecular weight is 147 g/mol. The molecule has 0 aliphatic carbocycles. The normalized spacial score (nSPS) is 12.7. The topological polar surface area (TPSA) is 29.1 Å². The molecule has 9 heavy (non-hydrogen) atoms. The predicted molar refractivity (Wildman–Crippen MR) is 41.7 cm³/mol. The molecule has 1 atom stereocenters. The van der Waals surface area contributed by atoms with E-state index in [0.29, 0.717) is 6.04 Å². The molecule has 0 fully saturated rings. The highest BCUT2D eigenvalue weighted by Gasteiger charge is 1.96. The van der Waals surface area contributed by atoms with E-state index in [9.17, 15) is 4.79 Å². The van der Waals surface area contributed by atoms with E-state index >= 15 is 0 Å². The number of rotatable bonds is 5. The van der Waals surface area contributed by atoms with E-state index in [1.807, 2.05) is 18.7 Å². The van der Waals surface area contributed by atoms with Crippen LogP contribution in [0.5, 0.6) is 0 Å². The van der Waals surface area contributed by atoms with E-state index in [-0.39, 0.29) is 0 Å². The van der Waals surface area contributed by atoms with Crippen LogP contribution >= 0.6 is 11.8 Å². The zero-order valence-electron chi connectivity index (χ0n) is 5.89. The van der Waals surface area contributed by atoms with Crippen molar-refractivity contribution in [3.63, 3.8) is 0 Å². The van der Waals surface area contributed by atoms with Gasteiger partial charge in [-0.2, -0.15) is 11.8 Å². The zero-order chi connectivity index (χ0) is 7.11. The van der Waals surface area contributed by atoms with Crippen LogP contribution in [0.2, 0.25) is 0 Å². The van der Waals surface area contributed by atoms with E-state index in [1.54, 1.807) is 0 Å². The Kier molecular flexibility index (Phi) is 5.83. The van der Waals surface area contributed by atoms with E-state index in [0.717, 1.165) is 17.9 Å². The number of amides is 1. The molecular weight excluding hydrogens is 134 g/mol. The summed E-state index contributed by atoms with van der Waals surface area (Å²) in [6, 6.07) is 0.312. The Labute approximate surface area is 60.4 Å². The summed E-state index contributed by atoms with van der Waals surface area (Å²) in [6.07, 6.45) is 0.751. The fourth-order valence-electron chi connectivity index (χ4n) is 0.459. The Morgan fingerprint density at radius 1 is 1.78 bits per heavy atom. The molecule has 0 saturated carbocycles. The maximum Gasteiger partial charge on any atom is 0.207 e. The SMILES string of the molecule is CCSCC(C)NC=O. The van der Waals surface area contributed by atoms with Gasteiger partial charge in [-0.05, 0) is 12.7 Å². The van der Waals surface area contributed by atoms with Crippen LogP contribution in [-0.4, -0.2) is 24.0 Å². The highest BCUT2D eigenvalue weighted by Crippen LogP contribution is 1.99. The van der Waals surface area contributed by atoms with Crippen molar-refractivity contribution < 1.29 is 4.79 Å². The summed E-state index contributed by atoms with van der Waals surface area (Å²) in [5.41, 5.74) is 0. The van der Waals surface area contributed by atoms with Crippen LogP contribution in [-0.2, 0) is 4.79 Å². The molecule has 0 radical (unpaired) electrons. The minimum atomic E-state index is 0.312. The lowest BCUT2D eigenvalue weighted by atomic mass is 10.4. The first kappa shape index (κ1) is 8.82. The van der Waals surface area contributed by atoms with Crippen LogP contribution in [0.1, 0.15) is 13.8 Å². The van der Waals surface area contributed by atoms with Gasteiger partial charge in [-0.3, -0.25) is 4.79 Å². The molecular formula is C6H13NOS. The lowest BCUT2D eigenvalue weighted by Gasteiger charge is -2.06. The predicted octanol–water partition coefficient (Wildman–Crippen LogP) is 0.874. The third-order valence-electron chi connectivity index (χ3n) is 0.925. The van der Waals surface area contributed by atoms with Gasteiger partial charge in [0.15, 0.2) is 0 Å². The number of carbonyl (C=O) groups is 1. The molecule has 0 spiro atoms. The van der Waals surface area contributed by atoms with Crippen LogP contribution in [0.4, 0.5) is 0 Å². The number of carbonyl (C=O) groups excluding carboxylic acids is 1. The van der Waals surface area contributed by atoms with Crippen LogP contribution in [0, 0.1) is 0 Å². The number of nitrogens with one attached hydrogen (secondary N) is 1. The van der Waals surface area contributed by atoms with E-state index < -0.39 is 0 Å². The number of hydrogen-bond donors (Lipinski definition) is 1. The summed E-state index contributed by atoms with van der Waals surface area (Å²) in [4.78, 5) is 9.86. The highest BCUT2D eigenvalue weighted by atomic mass is 32.2. The molecule has 0 aromatic rings. The van der Waals surface area contributed by atoms with Crippen LogP contribution in [0.3, 0.4) is 0 Å². The van der Waals surface area contributed by atoms with Crippen molar-refractivity contribution >= 4 is 18.2 Å². The number of thioether (sulfide) groups is 1. The Morgan fingerprint density at radius 2 is 2.44 bits per heavy atom. The van der Waals surface area contributed by atoms with Crippen LogP contribution < -0.4 is 5.32 Å². The van der Waals surface area contributed by atoms with Crippen molar-refractivity contribution in [2.45, 2.75) is 19.9 Å². The highest BCUT2D eigenvalue weighted by molar-refractivity contribution is 7.99. The van der Waals surface area contributed by atoms with Crippen LogP contribution in [0.15, 0.2) is 0 Å². The van der Waals surface area contributed by atoms with Crippen molar-refractivity contribution in [2.75, 3.05) is 11.5 Å². The third kappa shape index (κ3) is 5.69. The molecule has 3 heteroatoms. The molecule has 0 aliphatic heterocycles. The van der Waals surface area contributed by atoms with E-state index in [4.69, 9.17) is 0 Å². The molecule has 0 aliphatic rings. The monoisotopic (exact) mass is 147 g/mol. The molecule has 0 aromatic heterocycles. The fourth-order valence-corrected chi connectivity index (χ4v) is 1.14. The second kappa shape index (κ2) is 5.95. The van der Waals surface area contributed by atoms with Gasteiger partial charge in [-0.25, -0.2) is 0 Å². The van der Waals surface area contributed by atoms with Crippen LogP contribution in [0.25, 0.3) is 0 Å². The average Bonchev–Trinajstić information content (AvgIpc) is 1.85. The Morgan fingerprint density at radius 3 is 2.89 bits per heavy atom. The lowest BCUT2D eigenvalue weighted by molar-refractivity contribution is -0.109. The first-order valence-electron chi connectivity index (χ1n) is 3.08. The van der Waals surface area contributed by atoms with Gasteiger partial charge in [-0.1, -0.05) is 6.92 Å². The lowest BCUT2D eigenvalue weighted by Crippen LogP contribution is -2.26. The summed E-state index contributed by atoms with van der Waals surface area (Å²) in [5, 5.41) is 2.68. The minimum Gasteiger partial charge on any atom is -0.355 e. The Hall–Kier alpha value is -0.180. The second-order valence-electron chi connectivity index (χ2n) is 1.85. The fraction of sp³-hybridized carbons (Fsp3) is 0.833. The minimum absolute atomic E-state index is 0.312. The second-order valence-corrected chi connectivity index (χ2v) is 3.16. The molecule has 1 unspecified atom stereocenters. The van der Waals surface area contributed by atoms with Gasteiger partial charge in [0.2, 0.25) is 6.41 Å². The van der Waals surface area contributed by atoms with E-state index in [1.165, 1.54) is 0 Å². The van der Waals surface area contributed by atoms with Gasteiger partial charge < -0.3 is 5.32 Å². The molecule has 54 valence electrons. The van der Waals surface area contributed by atoms with E-state index in [2.05, 4.69) is 12.2 Å². The molecule has 0 saturated heterocycles. The summed E-state index contributed by atoms with van der Waals surface area (Å²) in [5.74, 6) is 2.13. The van der Waals surface area contributed by atoms with Crippen molar-refractivity contribution in [1.82, 2.24) is 5.32 Å². The molecule has 0 heterocycles. The maximum absolute atomic E-state index is 9.86.